The van der Waals surface area contributed by atoms with Gasteiger partial charge in [0.15, 0.2) is 0 Å². The smallest absolute Gasteiger partial charge is 0.118 e. The van der Waals surface area contributed by atoms with E-state index in [1.807, 2.05) is 30.5 Å². The van der Waals surface area contributed by atoms with Crippen molar-refractivity contribution in [2.24, 2.45) is 0 Å². The lowest BCUT2D eigenvalue weighted by Crippen LogP contribution is -2.23. The molecule has 3 heteroatoms. The molecular weight excluding hydrogens is 260 g/mol. The van der Waals surface area contributed by atoms with Crippen LogP contribution in [-0.4, -0.2) is 30.6 Å². The van der Waals surface area contributed by atoms with E-state index in [2.05, 4.69) is 54.2 Å². The maximum Gasteiger partial charge on any atom is 0.118 e. The Morgan fingerprint density at radius 2 is 1.95 bits per heavy atom. The number of aromatic nitrogens is 1. The second-order valence-corrected chi connectivity index (χ2v) is 5.05. The van der Waals surface area contributed by atoms with Crippen molar-refractivity contribution < 1.29 is 4.74 Å². The third-order valence-electron chi connectivity index (χ3n) is 3.60. The molecule has 21 heavy (non-hydrogen) atoms. The number of nitrogens with zero attached hydrogens (tertiary/aromatic N) is 2. The average Bonchev–Trinajstić information content (AvgIpc) is 2.55. The number of methoxy groups -OCH3 is 1. The van der Waals surface area contributed by atoms with Gasteiger partial charge in [-0.25, -0.2) is 0 Å². The molecule has 0 N–H and O–H groups in total. The van der Waals surface area contributed by atoms with Gasteiger partial charge < -0.3 is 4.74 Å². The first kappa shape index (κ1) is 15.3. The van der Waals surface area contributed by atoms with Crippen molar-refractivity contribution in [1.82, 2.24) is 9.88 Å². The van der Waals surface area contributed by atoms with E-state index in [1.54, 1.807) is 7.11 Å². The fourth-order valence-electron chi connectivity index (χ4n) is 2.08. The lowest BCUT2D eigenvalue weighted by atomic mass is 10.1. The van der Waals surface area contributed by atoms with Gasteiger partial charge >= 0.3 is 0 Å². The first-order valence-electron chi connectivity index (χ1n) is 7.12. The monoisotopic (exact) mass is 282 g/mol. The van der Waals surface area contributed by atoms with Crippen LogP contribution in [-0.2, 0) is 0 Å². The highest BCUT2D eigenvalue weighted by molar-refractivity contribution is 5.50. The number of benzene rings is 1. The quantitative estimate of drug-likeness (QED) is 0.806. The predicted octanol–water partition coefficient (Wildman–Crippen LogP) is 3.80. The summed E-state index contributed by atoms with van der Waals surface area (Å²) in [5, 5.41) is 0. The van der Waals surface area contributed by atoms with Crippen LogP contribution < -0.4 is 4.74 Å². The van der Waals surface area contributed by atoms with Crippen molar-refractivity contribution in [3.05, 3.63) is 66.0 Å². The van der Waals surface area contributed by atoms with Crippen molar-refractivity contribution in [1.29, 1.82) is 0 Å². The maximum absolute atomic E-state index is 5.15. The highest BCUT2D eigenvalue weighted by atomic mass is 16.5. The Morgan fingerprint density at radius 1 is 1.19 bits per heavy atom. The lowest BCUT2D eigenvalue weighted by molar-refractivity contribution is 0.285. The molecule has 2 rings (SSSR count). The zero-order valence-corrected chi connectivity index (χ0v) is 12.9. The van der Waals surface area contributed by atoms with Crippen LogP contribution in [0.2, 0.25) is 0 Å². The average molecular weight is 282 g/mol. The van der Waals surface area contributed by atoms with Gasteiger partial charge in [0.25, 0.3) is 0 Å². The van der Waals surface area contributed by atoms with Gasteiger partial charge in [-0.3, -0.25) is 9.88 Å². The molecule has 0 aliphatic heterocycles. The predicted molar refractivity (Wildman–Crippen MR) is 87.3 cm³/mol. The Hall–Kier alpha value is -2.13. The second kappa shape index (κ2) is 7.60. The Balaban J connectivity index is 1.90. The molecule has 2 aromatic rings. The number of hydrogen-bond donors (Lipinski definition) is 0. The third-order valence-corrected chi connectivity index (χ3v) is 3.60. The number of pyridine rings is 1. The Morgan fingerprint density at radius 3 is 2.57 bits per heavy atom. The largest absolute Gasteiger partial charge is 0.497 e. The molecule has 1 aromatic heterocycles. The molecule has 0 saturated heterocycles. The zero-order valence-electron chi connectivity index (χ0n) is 12.9. The molecule has 0 radical (unpaired) electrons. The summed E-state index contributed by atoms with van der Waals surface area (Å²) in [6, 6.07) is 14.4. The van der Waals surface area contributed by atoms with E-state index in [9.17, 15) is 0 Å². The van der Waals surface area contributed by atoms with Crippen LogP contribution >= 0.6 is 0 Å². The van der Waals surface area contributed by atoms with Crippen molar-refractivity contribution in [2.45, 2.75) is 13.0 Å². The molecule has 3 nitrogen and oxygen atoms in total. The van der Waals surface area contributed by atoms with Gasteiger partial charge in [-0.05, 0) is 43.8 Å². The number of hydrogen-bond acceptors (Lipinski definition) is 3. The summed E-state index contributed by atoms with van der Waals surface area (Å²) in [6.07, 6.45) is 6.13. The minimum absolute atomic E-state index is 0.298. The highest BCUT2D eigenvalue weighted by Crippen LogP contribution is 2.16. The molecule has 1 atom stereocenters. The number of ether oxygens (including phenoxy) is 1. The van der Waals surface area contributed by atoms with Crippen LogP contribution in [0.3, 0.4) is 0 Å². The minimum atomic E-state index is 0.298. The molecule has 0 amide bonds. The van der Waals surface area contributed by atoms with Crippen LogP contribution in [0.15, 0.2) is 54.7 Å². The van der Waals surface area contributed by atoms with Gasteiger partial charge in [-0.1, -0.05) is 30.4 Å². The summed E-state index contributed by atoms with van der Waals surface area (Å²) in [6.45, 7) is 3.05. The Bertz CT molecular complexity index is 564. The third kappa shape index (κ3) is 4.43. The fraction of sp³-hybridized carbons (Fsp3) is 0.278. The van der Waals surface area contributed by atoms with E-state index in [0.717, 1.165) is 18.0 Å². The van der Waals surface area contributed by atoms with Gasteiger partial charge in [0.1, 0.15) is 5.75 Å². The molecule has 0 bridgehead atoms. The summed E-state index contributed by atoms with van der Waals surface area (Å²) in [4.78, 5) is 6.67. The fourth-order valence-corrected chi connectivity index (χ4v) is 2.08. The molecule has 0 spiro atoms. The minimum Gasteiger partial charge on any atom is -0.497 e. The molecular formula is C18H22N2O. The summed E-state index contributed by atoms with van der Waals surface area (Å²) in [5.41, 5.74) is 2.27. The summed E-state index contributed by atoms with van der Waals surface area (Å²) < 4.78 is 5.15. The van der Waals surface area contributed by atoms with Crippen LogP contribution in [0, 0.1) is 0 Å². The first-order valence-corrected chi connectivity index (χ1v) is 7.12. The lowest BCUT2D eigenvalue weighted by Gasteiger charge is -2.22. The van der Waals surface area contributed by atoms with Crippen molar-refractivity contribution in [3.63, 3.8) is 0 Å². The molecule has 0 aliphatic carbocycles. The summed E-state index contributed by atoms with van der Waals surface area (Å²) in [5.74, 6) is 0.882. The van der Waals surface area contributed by atoms with E-state index in [0.29, 0.717) is 6.04 Å². The Labute approximate surface area is 126 Å². The van der Waals surface area contributed by atoms with E-state index in [1.165, 1.54) is 5.56 Å². The SMILES string of the molecule is COc1ccc(C=CCN(C)C(C)c2ccccn2)cc1. The van der Waals surface area contributed by atoms with Crippen LogP contribution in [0.25, 0.3) is 6.08 Å². The zero-order chi connectivity index (χ0) is 15.1. The standard InChI is InChI=1S/C18H22N2O/c1-15(18-8-4-5-13-19-18)20(2)14-6-7-16-9-11-17(21-3)12-10-16/h4-13,15H,14H2,1-3H3. The van der Waals surface area contributed by atoms with Gasteiger partial charge in [-0.2, -0.15) is 0 Å². The van der Waals surface area contributed by atoms with Crippen LogP contribution in [0.5, 0.6) is 5.75 Å². The normalized spacial score (nSPS) is 12.8. The molecule has 1 heterocycles. The summed E-state index contributed by atoms with van der Waals surface area (Å²) in [7, 11) is 3.79. The second-order valence-electron chi connectivity index (χ2n) is 5.05. The maximum atomic E-state index is 5.15. The van der Waals surface area contributed by atoms with Crippen molar-refractivity contribution in [2.75, 3.05) is 20.7 Å². The van der Waals surface area contributed by atoms with E-state index in [-0.39, 0.29) is 0 Å². The van der Waals surface area contributed by atoms with Crippen LogP contribution in [0.1, 0.15) is 24.2 Å². The molecule has 110 valence electrons. The van der Waals surface area contributed by atoms with Crippen molar-refractivity contribution >= 4 is 6.08 Å². The van der Waals surface area contributed by atoms with E-state index in [4.69, 9.17) is 4.74 Å². The number of likely N-dealkylation sites (N-methyl/N-ethyl adjacent to an activating group) is 1. The van der Waals surface area contributed by atoms with Gasteiger partial charge in [0, 0.05) is 18.8 Å². The van der Waals surface area contributed by atoms with E-state index < -0.39 is 0 Å². The topological polar surface area (TPSA) is 25.4 Å². The van der Waals surface area contributed by atoms with Gasteiger partial charge in [0.2, 0.25) is 0 Å². The first-order chi connectivity index (χ1) is 10.2. The van der Waals surface area contributed by atoms with Gasteiger partial charge in [0.05, 0.1) is 12.8 Å². The van der Waals surface area contributed by atoms with Crippen LogP contribution in [0.4, 0.5) is 0 Å². The molecule has 1 unspecified atom stereocenters. The molecule has 0 aliphatic rings. The molecule has 0 saturated carbocycles. The Kier molecular flexibility index (Phi) is 5.52. The number of rotatable bonds is 6. The van der Waals surface area contributed by atoms with Gasteiger partial charge in [-0.15, -0.1) is 0 Å². The molecule has 1 aromatic carbocycles. The highest BCUT2D eigenvalue weighted by Gasteiger charge is 2.10. The molecule has 0 fully saturated rings. The van der Waals surface area contributed by atoms with Crippen molar-refractivity contribution in [3.8, 4) is 5.75 Å². The van der Waals surface area contributed by atoms with E-state index >= 15 is 0 Å². The summed E-state index contributed by atoms with van der Waals surface area (Å²) >= 11 is 0.